The Morgan fingerprint density at radius 2 is 2.24 bits per heavy atom. The SMILES string of the molecule is CC(C)(C)c1csc(CC(=O)C(O)C2CC2)n1. The van der Waals surface area contributed by atoms with E-state index in [0.29, 0.717) is 0 Å². The van der Waals surface area contributed by atoms with Crippen LogP contribution in [0, 0.1) is 5.92 Å². The minimum atomic E-state index is -0.767. The van der Waals surface area contributed by atoms with E-state index in [1.807, 2.05) is 5.38 Å². The second-order valence-electron chi connectivity index (χ2n) is 5.80. The summed E-state index contributed by atoms with van der Waals surface area (Å²) in [7, 11) is 0. The summed E-state index contributed by atoms with van der Waals surface area (Å²) in [4.78, 5) is 16.2. The van der Waals surface area contributed by atoms with Crippen molar-refractivity contribution in [1.29, 1.82) is 0 Å². The summed E-state index contributed by atoms with van der Waals surface area (Å²) in [6.45, 7) is 6.31. The van der Waals surface area contributed by atoms with Crippen LogP contribution in [0.2, 0.25) is 0 Å². The summed E-state index contributed by atoms with van der Waals surface area (Å²) in [6.07, 6.45) is 1.48. The lowest BCUT2D eigenvalue weighted by Crippen LogP contribution is -2.24. The zero-order chi connectivity index (χ0) is 12.6. The number of aliphatic hydroxyl groups is 1. The summed E-state index contributed by atoms with van der Waals surface area (Å²) in [5, 5.41) is 12.5. The molecule has 17 heavy (non-hydrogen) atoms. The first-order valence-corrected chi connectivity index (χ1v) is 6.91. The van der Waals surface area contributed by atoms with Crippen LogP contribution < -0.4 is 0 Å². The third-order valence-electron chi connectivity index (χ3n) is 3.04. The summed E-state index contributed by atoms with van der Waals surface area (Å²) in [6, 6.07) is 0. The summed E-state index contributed by atoms with van der Waals surface area (Å²) in [5.41, 5.74) is 1.04. The number of thiazole rings is 1. The summed E-state index contributed by atoms with van der Waals surface area (Å²) < 4.78 is 0. The molecule has 3 nitrogen and oxygen atoms in total. The molecule has 0 bridgehead atoms. The standard InChI is InChI=1S/C13H19NO2S/c1-13(2,3)10-7-17-11(14-10)6-9(15)12(16)8-4-5-8/h7-8,12,16H,4-6H2,1-3H3. The Balaban J connectivity index is 1.99. The number of aromatic nitrogens is 1. The number of carbonyl (C=O) groups excluding carboxylic acids is 1. The van der Waals surface area contributed by atoms with Crippen LogP contribution >= 0.6 is 11.3 Å². The van der Waals surface area contributed by atoms with E-state index >= 15 is 0 Å². The first-order valence-electron chi connectivity index (χ1n) is 6.03. The third kappa shape index (κ3) is 3.13. The van der Waals surface area contributed by atoms with Crippen LogP contribution in [0.3, 0.4) is 0 Å². The molecule has 4 heteroatoms. The van der Waals surface area contributed by atoms with Gasteiger partial charge in [0.2, 0.25) is 0 Å². The minimum Gasteiger partial charge on any atom is -0.385 e. The average Bonchev–Trinajstić information content (AvgIpc) is 2.96. The number of nitrogens with zero attached hydrogens (tertiary/aromatic N) is 1. The van der Waals surface area contributed by atoms with Crippen LogP contribution in [0.4, 0.5) is 0 Å². The molecule has 1 aliphatic rings. The van der Waals surface area contributed by atoms with Crippen molar-refractivity contribution >= 4 is 17.1 Å². The van der Waals surface area contributed by atoms with Crippen molar-refractivity contribution in [2.24, 2.45) is 5.92 Å². The molecule has 0 aliphatic heterocycles. The maximum atomic E-state index is 11.8. The summed E-state index contributed by atoms with van der Waals surface area (Å²) in [5.74, 6) is 0.131. The van der Waals surface area contributed by atoms with Gasteiger partial charge < -0.3 is 5.11 Å². The Morgan fingerprint density at radius 3 is 2.71 bits per heavy atom. The normalized spacial score (nSPS) is 18.1. The van der Waals surface area contributed by atoms with Gasteiger partial charge in [-0.3, -0.25) is 4.79 Å². The highest BCUT2D eigenvalue weighted by atomic mass is 32.1. The largest absolute Gasteiger partial charge is 0.385 e. The summed E-state index contributed by atoms with van der Waals surface area (Å²) >= 11 is 1.51. The van der Waals surface area contributed by atoms with Crippen molar-refractivity contribution < 1.29 is 9.90 Å². The van der Waals surface area contributed by atoms with Crippen LogP contribution in [0.1, 0.15) is 44.3 Å². The van der Waals surface area contributed by atoms with Gasteiger partial charge in [-0.1, -0.05) is 20.8 Å². The van der Waals surface area contributed by atoms with E-state index in [1.165, 1.54) is 11.3 Å². The van der Waals surface area contributed by atoms with Gasteiger partial charge in [-0.05, 0) is 18.8 Å². The highest BCUT2D eigenvalue weighted by Gasteiger charge is 2.34. The molecule has 0 saturated heterocycles. The number of hydrogen-bond acceptors (Lipinski definition) is 4. The molecule has 1 aliphatic carbocycles. The number of hydrogen-bond donors (Lipinski definition) is 1. The van der Waals surface area contributed by atoms with Gasteiger partial charge in [-0.15, -0.1) is 11.3 Å². The Bertz CT molecular complexity index is 415. The number of carbonyl (C=O) groups is 1. The van der Waals surface area contributed by atoms with E-state index in [2.05, 4.69) is 25.8 Å². The van der Waals surface area contributed by atoms with Crippen molar-refractivity contribution in [1.82, 2.24) is 4.98 Å². The van der Waals surface area contributed by atoms with Crippen LogP contribution in [0.15, 0.2) is 5.38 Å². The van der Waals surface area contributed by atoms with Gasteiger partial charge >= 0.3 is 0 Å². The molecular formula is C13H19NO2S. The monoisotopic (exact) mass is 253 g/mol. The van der Waals surface area contributed by atoms with E-state index in [4.69, 9.17) is 0 Å². The smallest absolute Gasteiger partial charge is 0.168 e. The quantitative estimate of drug-likeness (QED) is 0.896. The second kappa shape index (κ2) is 4.50. The van der Waals surface area contributed by atoms with Crippen LogP contribution in [0.25, 0.3) is 0 Å². The number of ketones is 1. The molecule has 0 amide bonds. The topological polar surface area (TPSA) is 50.2 Å². The number of aliphatic hydroxyl groups excluding tert-OH is 1. The molecule has 1 fully saturated rings. The molecular weight excluding hydrogens is 234 g/mol. The van der Waals surface area contributed by atoms with Gasteiger partial charge in [0.05, 0.1) is 12.1 Å². The molecule has 1 atom stereocenters. The first-order chi connectivity index (χ1) is 7.88. The highest BCUT2D eigenvalue weighted by Crippen LogP contribution is 2.33. The predicted molar refractivity (Wildman–Crippen MR) is 68.3 cm³/mol. The maximum absolute atomic E-state index is 11.8. The minimum absolute atomic E-state index is 0.0207. The zero-order valence-corrected chi connectivity index (χ0v) is 11.4. The molecule has 1 N–H and O–H groups in total. The molecule has 1 unspecified atom stereocenters. The molecule has 1 aromatic heterocycles. The zero-order valence-electron chi connectivity index (χ0n) is 10.6. The van der Waals surface area contributed by atoms with Gasteiger partial charge in [0.1, 0.15) is 11.1 Å². The van der Waals surface area contributed by atoms with Crippen LogP contribution in [0.5, 0.6) is 0 Å². The third-order valence-corrected chi connectivity index (χ3v) is 3.89. The molecule has 94 valence electrons. The van der Waals surface area contributed by atoms with Crippen molar-refractivity contribution in [3.8, 4) is 0 Å². The van der Waals surface area contributed by atoms with E-state index in [-0.39, 0.29) is 23.5 Å². The number of rotatable bonds is 4. The molecule has 0 radical (unpaired) electrons. The Hall–Kier alpha value is -0.740. The molecule has 1 saturated carbocycles. The van der Waals surface area contributed by atoms with Crippen LogP contribution in [-0.4, -0.2) is 22.0 Å². The van der Waals surface area contributed by atoms with Crippen molar-refractivity contribution in [3.63, 3.8) is 0 Å². The predicted octanol–water partition coefficient (Wildman–Crippen LogP) is 2.32. The van der Waals surface area contributed by atoms with Gasteiger partial charge in [0, 0.05) is 10.8 Å². The van der Waals surface area contributed by atoms with Gasteiger partial charge in [0.15, 0.2) is 5.78 Å². The van der Waals surface area contributed by atoms with Gasteiger partial charge in [-0.25, -0.2) is 4.98 Å². The lowest BCUT2D eigenvalue weighted by atomic mass is 9.93. The fourth-order valence-electron chi connectivity index (χ4n) is 1.67. The van der Waals surface area contributed by atoms with Crippen molar-refractivity contribution in [2.45, 2.75) is 51.6 Å². The van der Waals surface area contributed by atoms with E-state index < -0.39 is 6.10 Å². The van der Waals surface area contributed by atoms with E-state index in [0.717, 1.165) is 23.5 Å². The second-order valence-corrected chi connectivity index (χ2v) is 6.74. The molecule has 1 heterocycles. The number of Topliss-reactive ketones (excluding diaryl/α,β-unsaturated/α-hetero) is 1. The van der Waals surface area contributed by atoms with Gasteiger partial charge in [-0.2, -0.15) is 0 Å². The maximum Gasteiger partial charge on any atom is 0.168 e. The van der Waals surface area contributed by atoms with Gasteiger partial charge in [0.25, 0.3) is 0 Å². The van der Waals surface area contributed by atoms with Crippen molar-refractivity contribution in [2.75, 3.05) is 0 Å². The van der Waals surface area contributed by atoms with E-state index in [1.54, 1.807) is 0 Å². The Kier molecular flexibility index (Phi) is 3.36. The fourth-order valence-corrected chi connectivity index (χ4v) is 2.70. The van der Waals surface area contributed by atoms with E-state index in [9.17, 15) is 9.90 Å². The first kappa shape index (κ1) is 12.7. The molecule has 0 spiro atoms. The Labute approximate surface area is 106 Å². The molecule has 0 aromatic carbocycles. The highest BCUT2D eigenvalue weighted by molar-refractivity contribution is 7.09. The fraction of sp³-hybridized carbons (Fsp3) is 0.692. The van der Waals surface area contributed by atoms with Crippen LogP contribution in [-0.2, 0) is 16.6 Å². The molecule has 2 rings (SSSR count). The lowest BCUT2D eigenvalue weighted by Gasteiger charge is -2.14. The Morgan fingerprint density at radius 1 is 1.59 bits per heavy atom. The average molecular weight is 253 g/mol. The molecule has 1 aromatic rings. The van der Waals surface area contributed by atoms with Crippen molar-refractivity contribution in [3.05, 3.63) is 16.1 Å². The lowest BCUT2D eigenvalue weighted by molar-refractivity contribution is -0.127.